The number of benzene rings is 3. The maximum Gasteiger partial charge on any atom is 0.319 e. The fourth-order valence-corrected chi connectivity index (χ4v) is 3.63. The zero-order valence-corrected chi connectivity index (χ0v) is 17.3. The highest BCUT2D eigenvalue weighted by atomic mass is 16.2. The van der Waals surface area contributed by atoms with E-state index in [1.807, 2.05) is 48.5 Å². The Kier molecular flexibility index (Phi) is 7.07. The van der Waals surface area contributed by atoms with Crippen LogP contribution in [0.15, 0.2) is 78.9 Å². The second kappa shape index (κ2) is 9.92. The first-order valence-corrected chi connectivity index (χ1v) is 10.3. The number of urea groups is 1. The number of rotatable bonds is 8. The first kappa shape index (κ1) is 20.7. The predicted octanol–water partition coefficient (Wildman–Crippen LogP) is 5.76. The Morgan fingerprint density at radius 1 is 0.793 bits per heavy atom. The highest BCUT2D eigenvalue weighted by Crippen LogP contribution is 2.24. The molecule has 0 aliphatic rings. The van der Waals surface area contributed by atoms with Gasteiger partial charge in [-0.05, 0) is 53.5 Å². The summed E-state index contributed by atoms with van der Waals surface area (Å²) in [7, 11) is 0. The standard InChI is InChI=1S/C26H30N2O/c1-20(2)18-22-14-12-21(13-15-22)16-17-24-10-6-7-11-25(24)28(26(27)29)19-23-8-4-3-5-9-23/h3-15,20H,16-19H2,1-2H3,(H2,27,29). The van der Waals surface area contributed by atoms with Gasteiger partial charge in [-0.3, -0.25) is 4.90 Å². The van der Waals surface area contributed by atoms with Crippen LogP contribution in [0.2, 0.25) is 0 Å². The molecule has 0 unspecified atom stereocenters. The lowest BCUT2D eigenvalue weighted by molar-refractivity contribution is 0.253. The zero-order chi connectivity index (χ0) is 20.6. The van der Waals surface area contributed by atoms with E-state index in [9.17, 15) is 4.79 Å². The van der Waals surface area contributed by atoms with Crippen LogP contribution < -0.4 is 10.6 Å². The molecule has 3 heteroatoms. The van der Waals surface area contributed by atoms with Gasteiger partial charge in [0.1, 0.15) is 0 Å². The molecule has 29 heavy (non-hydrogen) atoms. The maximum atomic E-state index is 12.2. The molecule has 0 bridgehead atoms. The number of primary amides is 1. The average molecular weight is 387 g/mol. The summed E-state index contributed by atoms with van der Waals surface area (Å²) in [5, 5.41) is 0. The van der Waals surface area contributed by atoms with E-state index in [1.165, 1.54) is 11.1 Å². The van der Waals surface area contributed by atoms with Crippen molar-refractivity contribution < 1.29 is 4.79 Å². The van der Waals surface area contributed by atoms with E-state index in [2.05, 4.69) is 44.2 Å². The Morgan fingerprint density at radius 2 is 1.41 bits per heavy atom. The molecule has 3 rings (SSSR count). The predicted molar refractivity (Wildman–Crippen MR) is 121 cm³/mol. The number of hydrogen-bond donors (Lipinski definition) is 1. The molecule has 0 saturated carbocycles. The minimum Gasteiger partial charge on any atom is -0.351 e. The number of anilines is 1. The maximum absolute atomic E-state index is 12.2. The molecule has 3 aromatic rings. The van der Waals surface area contributed by atoms with Gasteiger partial charge in [-0.25, -0.2) is 4.79 Å². The minimum absolute atomic E-state index is 0.431. The van der Waals surface area contributed by atoms with E-state index < -0.39 is 6.03 Å². The van der Waals surface area contributed by atoms with Gasteiger partial charge in [-0.15, -0.1) is 0 Å². The third-order valence-corrected chi connectivity index (χ3v) is 5.08. The lowest BCUT2D eigenvalue weighted by Gasteiger charge is -2.23. The van der Waals surface area contributed by atoms with Crippen LogP contribution in [0.4, 0.5) is 10.5 Å². The van der Waals surface area contributed by atoms with Crippen molar-refractivity contribution in [2.45, 2.75) is 39.7 Å². The summed E-state index contributed by atoms with van der Waals surface area (Å²) in [5.41, 5.74) is 11.5. The molecule has 2 amide bonds. The molecule has 0 saturated heterocycles. The van der Waals surface area contributed by atoms with E-state index in [0.29, 0.717) is 12.5 Å². The Bertz CT molecular complexity index is 917. The quantitative estimate of drug-likeness (QED) is 0.526. The summed E-state index contributed by atoms with van der Waals surface area (Å²) in [6, 6.07) is 26.5. The molecule has 3 nitrogen and oxygen atoms in total. The number of aryl methyl sites for hydroxylation is 2. The van der Waals surface area contributed by atoms with Crippen LogP contribution in [-0.4, -0.2) is 6.03 Å². The summed E-state index contributed by atoms with van der Waals surface area (Å²) in [6.07, 6.45) is 2.89. The van der Waals surface area contributed by atoms with Crippen LogP contribution in [0.1, 0.15) is 36.1 Å². The van der Waals surface area contributed by atoms with Crippen molar-refractivity contribution in [1.82, 2.24) is 0 Å². The van der Waals surface area contributed by atoms with Crippen molar-refractivity contribution in [3.63, 3.8) is 0 Å². The topological polar surface area (TPSA) is 46.3 Å². The summed E-state index contributed by atoms with van der Waals surface area (Å²) < 4.78 is 0. The fourth-order valence-electron chi connectivity index (χ4n) is 3.63. The van der Waals surface area contributed by atoms with Crippen LogP contribution in [-0.2, 0) is 25.8 Å². The van der Waals surface area contributed by atoms with Crippen molar-refractivity contribution >= 4 is 11.7 Å². The van der Waals surface area contributed by atoms with E-state index in [-0.39, 0.29) is 0 Å². The number of amides is 2. The number of nitrogens with two attached hydrogens (primary N) is 1. The van der Waals surface area contributed by atoms with Gasteiger partial charge in [-0.1, -0.05) is 86.6 Å². The van der Waals surface area contributed by atoms with Crippen molar-refractivity contribution in [1.29, 1.82) is 0 Å². The molecular formula is C26H30N2O. The smallest absolute Gasteiger partial charge is 0.319 e. The van der Waals surface area contributed by atoms with Gasteiger partial charge in [-0.2, -0.15) is 0 Å². The van der Waals surface area contributed by atoms with E-state index in [0.717, 1.165) is 36.1 Å². The summed E-state index contributed by atoms with van der Waals surface area (Å²) in [5.74, 6) is 0.664. The fraction of sp³-hybridized carbons (Fsp3) is 0.269. The lowest BCUT2D eigenvalue weighted by Crippen LogP contribution is -2.35. The Balaban J connectivity index is 1.74. The largest absolute Gasteiger partial charge is 0.351 e. The molecule has 0 spiro atoms. The van der Waals surface area contributed by atoms with Crippen LogP contribution >= 0.6 is 0 Å². The number of carbonyl (C=O) groups is 1. The highest BCUT2D eigenvalue weighted by molar-refractivity contribution is 5.91. The summed E-state index contributed by atoms with van der Waals surface area (Å²) >= 11 is 0. The third-order valence-electron chi connectivity index (χ3n) is 5.08. The molecular weight excluding hydrogens is 356 g/mol. The van der Waals surface area contributed by atoms with Gasteiger partial charge in [0.25, 0.3) is 0 Å². The highest BCUT2D eigenvalue weighted by Gasteiger charge is 2.16. The molecule has 0 aromatic heterocycles. The molecule has 0 radical (unpaired) electrons. The van der Waals surface area contributed by atoms with Crippen molar-refractivity contribution in [3.05, 3.63) is 101 Å². The van der Waals surface area contributed by atoms with Crippen molar-refractivity contribution in [3.8, 4) is 0 Å². The second-order valence-electron chi connectivity index (χ2n) is 7.95. The average Bonchev–Trinajstić information content (AvgIpc) is 2.72. The van der Waals surface area contributed by atoms with E-state index in [4.69, 9.17) is 5.73 Å². The molecule has 0 aliphatic heterocycles. The van der Waals surface area contributed by atoms with Gasteiger partial charge in [0.15, 0.2) is 0 Å². The monoisotopic (exact) mass is 386 g/mol. The third kappa shape index (κ3) is 5.95. The SMILES string of the molecule is CC(C)Cc1ccc(CCc2ccccc2N(Cc2ccccc2)C(N)=O)cc1. The van der Waals surface area contributed by atoms with Crippen LogP contribution in [0.25, 0.3) is 0 Å². The minimum atomic E-state index is -0.431. The molecule has 2 N–H and O–H groups in total. The Labute approximate surface area is 174 Å². The first-order chi connectivity index (χ1) is 14.0. The van der Waals surface area contributed by atoms with Gasteiger partial charge >= 0.3 is 6.03 Å². The van der Waals surface area contributed by atoms with E-state index in [1.54, 1.807) is 4.90 Å². The van der Waals surface area contributed by atoms with Crippen molar-refractivity contribution in [2.75, 3.05) is 4.90 Å². The molecule has 3 aromatic carbocycles. The number of para-hydroxylation sites is 1. The molecule has 0 aliphatic carbocycles. The Hall–Kier alpha value is -3.07. The summed E-state index contributed by atoms with van der Waals surface area (Å²) in [4.78, 5) is 13.9. The van der Waals surface area contributed by atoms with Gasteiger partial charge < -0.3 is 5.73 Å². The number of hydrogen-bond acceptors (Lipinski definition) is 1. The lowest BCUT2D eigenvalue weighted by atomic mass is 9.98. The van der Waals surface area contributed by atoms with Crippen LogP contribution in [0.5, 0.6) is 0 Å². The summed E-state index contributed by atoms with van der Waals surface area (Å²) in [6.45, 7) is 4.95. The zero-order valence-electron chi connectivity index (χ0n) is 17.3. The molecule has 0 heterocycles. The number of nitrogens with zero attached hydrogens (tertiary/aromatic N) is 1. The van der Waals surface area contributed by atoms with Crippen molar-refractivity contribution in [2.24, 2.45) is 11.7 Å². The Morgan fingerprint density at radius 3 is 2.07 bits per heavy atom. The molecule has 150 valence electrons. The first-order valence-electron chi connectivity index (χ1n) is 10.3. The van der Waals surface area contributed by atoms with Gasteiger partial charge in [0.2, 0.25) is 0 Å². The van der Waals surface area contributed by atoms with Gasteiger partial charge in [0.05, 0.1) is 6.54 Å². The van der Waals surface area contributed by atoms with E-state index >= 15 is 0 Å². The van der Waals surface area contributed by atoms with Crippen LogP contribution in [0, 0.1) is 5.92 Å². The van der Waals surface area contributed by atoms with Gasteiger partial charge in [0, 0.05) is 5.69 Å². The van der Waals surface area contributed by atoms with Crippen LogP contribution in [0.3, 0.4) is 0 Å². The molecule has 0 atom stereocenters. The normalized spacial score (nSPS) is 10.9. The number of carbonyl (C=O) groups excluding carboxylic acids is 1. The molecule has 0 fully saturated rings. The second-order valence-corrected chi connectivity index (χ2v) is 7.95.